The number of aryl methyl sites for hydroxylation is 1. The molecular formula is C11H8ClNS. The van der Waals surface area contributed by atoms with E-state index in [0.717, 1.165) is 5.02 Å². The van der Waals surface area contributed by atoms with Crippen molar-refractivity contribution in [2.24, 2.45) is 0 Å². The first kappa shape index (κ1) is 8.33. The van der Waals surface area contributed by atoms with Gasteiger partial charge in [0.2, 0.25) is 0 Å². The number of fused-ring (bicyclic) bond motifs is 3. The molecular weight excluding hydrogens is 214 g/mol. The van der Waals surface area contributed by atoms with Crippen LogP contribution < -0.4 is 0 Å². The Balaban J connectivity index is 2.61. The molecule has 0 saturated heterocycles. The second-order valence-corrected chi connectivity index (χ2v) is 4.72. The molecule has 0 amide bonds. The molecule has 14 heavy (non-hydrogen) atoms. The van der Waals surface area contributed by atoms with Gasteiger partial charge in [0.25, 0.3) is 0 Å². The van der Waals surface area contributed by atoms with Gasteiger partial charge in [-0.3, -0.25) is 0 Å². The van der Waals surface area contributed by atoms with Crippen LogP contribution in [-0.4, -0.2) is 4.40 Å². The van der Waals surface area contributed by atoms with E-state index in [1.54, 1.807) is 11.3 Å². The van der Waals surface area contributed by atoms with E-state index in [2.05, 4.69) is 28.8 Å². The third-order valence-corrected chi connectivity index (χ3v) is 3.67. The predicted molar refractivity (Wildman–Crippen MR) is 62.5 cm³/mol. The Hall–Kier alpha value is -0.990. The Morgan fingerprint density at radius 2 is 2.14 bits per heavy atom. The van der Waals surface area contributed by atoms with E-state index in [0.29, 0.717) is 0 Å². The molecule has 2 heterocycles. The number of halogens is 1. The van der Waals surface area contributed by atoms with E-state index >= 15 is 0 Å². The fraction of sp³-hybridized carbons (Fsp3) is 0.0909. The maximum Gasteiger partial charge on any atom is 0.100 e. The molecule has 0 aliphatic heterocycles. The fourth-order valence-electron chi connectivity index (χ4n) is 1.80. The van der Waals surface area contributed by atoms with Crippen molar-refractivity contribution in [1.82, 2.24) is 4.40 Å². The summed E-state index contributed by atoms with van der Waals surface area (Å²) in [4.78, 5) is 1.28. The molecule has 0 N–H and O–H groups in total. The summed E-state index contributed by atoms with van der Waals surface area (Å²) in [5.74, 6) is 0. The highest BCUT2D eigenvalue weighted by molar-refractivity contribution is 7.15. The summed E-state index contributed by atoms with van der Waals surface area (Å²) in [5.41, 5.74) is 2.47. The van der Waals surface area contributed by atoms with Gasteiger partial charge >= 0.3 is 0 Å². The average Bonchev–Trinajstić information content (AvgIpc) is 2.67. The quantitative estimate of drug-likeness (QED) is 0.538. The van der Waals surface area contributed by atoms with Crippen molar-refractivity contribution in [3.63, 3.8) is 0 Å². The molecule has 3 heteroatoms. The van der Waals surface area contributed by atoms with Gasteiger partial charge in [0.15, 0.2) is 0 Å². The van der Waals surface area contributed by atoms with Crippen molar-refractivity contribution in [2.75, 3.05) is 0 Å². The zero-order valence-corrected chi connectivity index (χ0v) is 9.19. The van der Waals surface area contributed by atoms with Crippen LogP contribution in [0.2, 0.25) is 5.02 Å². The fourth-order valence-corrected chi connectivity index (χ4v) is 2.90. The lowest BCUT2D eigenvalue weighted by molar-refractivity contribution is 1.18. The Morgan fingerprint density at radius 1 is 1.29 bits per heavy atom. The van der Waals surface area contributed by atoms with Crippen molar-refractivity contribution in [2.45, 2.75) is 6.92 Å². The summed E-state index contributed by atoms with van der Waals surface area (Å²) in [6, 6.07) is 8.22. The minimum absolute atomic E-state index is 0.795. The molecule has 1 nitrogen and oxygen atoms in total. The smallest absolute Gasteiger partial charge is 0.100 e. The molecule has 0 unspecified atom stereocenters. The molecule has 0 bridgehead atoms. The highest BCUT2D eigenvalue weighted by Gasteiger charge is 2.06. The average molecular weight is 222 g/mol. The number of rotatable bonds is 0. The molecule has 70 valence electrons. The van der Waals surface area contributed by atoms with Crippen LogP contribution in [0.3, 0.4) is 0 Å². The van der Waals surface area contributed by atoms with Gasteiger partial charge in [-0.05, 0) is 25.1 Å². The first-order valence-electron chi connectivity index (χ1n) is 4.40. The number of benzene rings is 1. The first-order chi connectivity index (χ1) is 6.75. The van der Waals surface area contributed by atoms with E-state index in [9.17, 15) is 0 Å². The van der Waals surface area contributed by atoms with Crippen molar-refractivity contribution in [3.05, 3.63) is 40.4 Å². The minimum atomic E-state index is 0.795. The standard InChI is InChI=1S/C11H8ClNS/c1-7-6-14-11-4-8-2-3-9(12)5-10(8)13(7)11/h2-6H,1H3. The maximum absolute atomic E-state index is 5.99. The van der Waals surface area contributed by atoms with Crippen LogP contribution in [0.25, 0.3) is 15.7 Å². The van der Waals surface area contributed by atoms with E-state index in [1.807, 2.05) is 12.1 Å². The highest BCUT2D eigenvalue weighted by Crippen LogP contribution is 2.28. The van der Waals surface area contributed by atoms with Crippen molar-refractivity contribution >= 4 is 38.7 Å². The largest absolute Gasteiger partial charge is 0.304 e. The van der Waals surface area contributed by atoms with Gasteiger partial charge in [0.05, 0.1) is 5.52 Å². The number of hydrogen-bond donors (Lipinski definition) is 0. The molecule has 0 atom stereocenters. The van der Waals surface area contributed by atoms with Gasteiger partial charge in [0.1, 0.15) is 4.83 Å². The third-order valence-electron chi connectivity index (χ3n) is 2.44. The van der Waals surface area contributed by atoms with Gasteiger partial charge in [-0.15, -0.1) is 11.3 Å². The van der Waals surface area contributed by atoms with Crippen LogP contribution in [0.1, 0.15) is 5.69 Å². The van der Waals surface area contributed by atoms with Gasteiger partial charge in [-0.1, -0.05) is 17.7 Å². The van der Waals surface area contributed by atoms with Gasteiger partial charge in [-0.25, -0.2) is 0 Å². The second kappa shape index (κ2) is 2.75. The van der Waals surface area contributed by atoms with Gasteiger partial charge < -0.3 is 4.40 Å². The predicted octanol–water partition coefficient (Wildman–Crippen LogP) is 4.12. The Kier molecular flexibility index (Phi) is 1.64. The number of nitrogens with zero attached hydrogens (tertiary/aromatic N) is 1. The monoisotopic (exact) mass is 221 g/mol. The van der Waals surface area contributed by atoms with Crippen molar-refractivity contribution < 1.29 is 0 Å². The first-order valence-corrected chi connectivity index (χ1v) is 5.66. The summed E-state index contributed by atoms with van der Waals surface area (Å²) in [6.07, 6.45) is 0. The van der Waals surface area contributed by atoms with Crippen molar-refractivity contribution in [3.8, 4) is 0 Å². The zero-order valence-electron chi connectivity index (χ0n) is 7.62. The second-order valence-electron chi connectivity index (χ2n) is 3.40. The van der Waals surface area contributed by atoms with Gasteiger partial charge in [-0.2, -0.15) is 0 Å². The highest BCUT2D eigenvalue weighted by atomic mass is 35.5. The lowest BCUT2D eigenvalue weighted by atomic mass is 10.2. The molecule has 0 fully saturated rings. The van der Waals surface area contributed by atoms with Crippen LogP contribution in [0.15, 0.2) is 29.6 Å². The summed E-state index contributed by atoms with van der Waals surface area (Å²) < 4.78 is 2.24. The molecule has 0 spiro atoms. The van der Waals surface area contributed by atoms with Crippen LogP contribution in [0.4, 0.5) is 0 Å². The zero-order chi connectivity index (χ0) is 9.71. The lowest BCUT2D eigenvalue weighted by Gasteiger charge is -1.95. The number of aromatic nitrogens is 1. The van der Waals surface area contributed by atoms with Gasteiger partial charge in [0, 0.05) is 21.5 Å². The van der Waals surface area contributed by atoms with Crippen LogP contribution in [0, 0.1) is 6.92 Å². The summed E-state index contributed by atoms with van der Waals surface area (Å²) in [6.45, 7) is 2.11. The molecule has 0 saturated carbocycles. The lowest BCUT2D eigenvalue weighted by Crippen LogP contribution is -1.81. The van der Waals surface area contributed by atoms with E-state index in [4.69, 9.17) is 11.6 Å². The number of hydrogen-bond acceptors (Lipinski definition) is 1. The maximum atomic E-state index is 5.99. The summed E-state index contributed by atoms with van der Waals surface area (Å²) >= 11 is 7.75. The molecule has 3 rings (SSSR count). The molecule has 2 aromatic heterocycles. The Bertz CT molecular complexity index is 621. The summed E-state index contributed by atoms with van der Waals surface area (Å²) in [5, 5.41) is 4.21. The van der Waals surface area contributed by atoms with E-state index in [-0.39, 0.29) is 0 Å². The van der Waals surface area contributed by atoms with Crippen LogP contribution in [0.5, 0.6) is 0 Å². The Labute approximate surface area is 90.5 Å². The van der Waals surface area contributed by atoms with Crippen LogP contribution in [-0.2, 0) is 0 Å². The van der Waals surface area contributed by atoms with Crippen LogP contribution >= 0.6 is 22.9 Å². The minimum Gasteiger partial charge on any atom is -0.304 e. The Morgan fingerprint density at radius 3 is 3.00 bits per heavy atom. The normalized spacial score (nSPS) is 11.6. The SMILES string of the molecule is Cc1csc2cc3ccc(Cl)cc3n12. The molecule has 1 aromatic carbocycles. The topological polar surface area (TPSA) is 4.41 Å². The molecule has 0 aliphatic carbocycles. The van der Waals surface area contributed by atoms with Crippen molar-refractivity contribution in [1.29, 1.82) is 0 Å². The number of thiazole rings is 1. The van der Waals surface area contributed by atoms with E-state index < -0.39 is 0 Å². The van der Waals surface area contributed by atoms with E-state index in [1.165, 1.54) is 21.4 Å². The molecule has 3 aromatic rings. The molecule has 0 radical (unpaired) electrons. The molecule has 0 aliphatic rings. The third kappa shape index (κ3) is 1.01. The summed E-state index contributed by atoms with van der Waals surface area (Å²) in [7, 11) is 0.